The van der Waals surface area contributed by atoms with Crippen LogP contribution < -0.4 is 10.6 Å². The van der Waals surface area contributed by atoms with Gasteiger partial charge >= 0.3 is 5.97 Å². The predicted molar refractivity (Wildman–Crippen MR) is 98.1 cm³/mol. The number of rotatable bonds is 5. The highest BCUT2D eigenvalue weighted by atomic mass is 32.1. The minimum absolute atomic E-state index is 0.333. The first-order valence-electron chi connectivity index (χ1n) is 8.04. The number of nitrogens with one attached hydrogen (secondary N) is 2. The number of carboxylic acids is 1. The van der Waals surface area contributed by atoms with Gasteiger partial charge in [-0.25, -0.2) is 4.98 Å². The molecular weight excluding hydrogens is 354 g/mol. The van der Waals surface area contributed by atoms with Gasteiger partial charge in [0.25, 0.3) is 5.91 Å². The number of hydrogen-bond acceptors (Lipinski definition) is 5. The summed E-state index contributed by atoms with van der Waals surface area (Å²) in [7, 11) is 0. The Morgan fingerprint density at radius 3 is 2.58 bits per heavy atom. The maximum Gasteiger partial charge on any atom is 0.307 e. The molecule has 2 amide bonds. The number of carboxylic acid groups (broad SMARTS) is 1. The molecule has 1 aromatic carbocycles. The summed E-state index contributed by atoms with van der Waals surface area (Å²) >= 11 is 1.31. The first-order valence-corrected chi connectivity index (χ1v) is 8.92. The van der Waals surface area contributed by atoms with E-state index in [9.17, 15) is 19.5 Å². The fourth-order valence-electron chi connectivity index (χ4n) is 2.80. The minimum atomic E-state index is -0.980. The molecule has 0 saturated heterocycles. The summed E-state index contributed by atoms with van der Waals surface area (Å²) in [5.74, 6) is -3.05. The van der Waals surface area contributed by atoms with E-state index in [0.29, 0.717) is 29.2 Å². The summed E-state index contributed by atoms with van der Waals surface area (Å²) in [5.41, 5.74) is 0.816. The molecule has 0 unspecified atom stereocenters. The van der Waals surface area contributed by atoms with Crippen molar-refractivity contribution < 1.29 is 19.5 Å². The van der Waals surface area contributed by atoms with Gasteiger partial charge in [0.05, 0.1) is 11.8 Å². The van der Waals surface area contributed by atoms with Crippen molar-refractivity contribution in [1.29, 1.82) is 0 Å². The Bertz CT molecular complexity index is 848. The smallest absolute Gasteiger partial charge is 0.307 e. The Morgan fingerprint density at radius 2 is 1.88 bits per heavy atom. The summed E-state index contributed by atoms with van der Waals surface area (Å²) in [5, 5.41) is 16.9. The lowest BCUT2D eigenvalue weighted by atomic mass is 9.82. The molecule has 1 aromatic heterocycles. The van der Waals surface area contributed by atoms with Crippen LogP contribution >= 0.6 is 11.3 Å². The third-order valence-electron chi connectivity index (χ3n) is 4.13. The molecule has 0 spiro atoms. The van der Waals surface area contributed by atoms with Crippen LogP contribution in [0.1, 0.15) is 23.2 Å². The maximum atomic E-state index is 12.5. The van der Waals surface area contributed by atoms with Crippen LogP contribution in [0.5, 0.6) is 0 Å². The molecule has 2 aromatic rings. The Kier molecular flexibility index (Phi) is 5.43. The number of anilines is 2. The van der Waals surface area contributed by atoms with Crippen molar-refractivity contribution in [3.63, 3.8) is 0 Å². The van der Waals surface area contributed by atoms with Crippen LogP contribution in [0.25, 0.3) is 0 Å². The summed E-state index contributed by atoms with van der Waals surface area (Å²) in [6.45, 7) is 0. The molecular formula is C18H17N3O4S. The normalized spacial score (nSPS) is 18.9. The van der Waals surface area contributed by atoms with Gasteiger partial charge in [0.1, 0.15) is 0 Å². The number of aliphatic carboxylic acids is 1. The summed E-state index contributed by atoms with van der Waals surface area (Å²) in [4.78, 5) is 40.1. The molecule has 7 nitrogen and oxygen atoms in total. The second kappa shape index (κ2) is 7.92. The zero-order chi connectivity index (χ0) is 18.5. The first-order chi connectivity index (χ1) is 12.5. The van der Waals surface area contributed by atoms with E-state index in [1.807, 2.05) is 6.08 Å². The van der Waals surface area contributed by atoms with Gasteiger partial charge in [-0.3, -0.25) is 19.7 Å². The number of aromatic nitrogens is 1. The third-order valence-corrected chi connectivity index (χ3v) is 4.82. The highest BCUT2D eigenvalue weighted by Crippen LogP contribution is 2.27. The molecule has 8 heteroatoms. The maximum absolute atomic E-state index is 12.5. The molecule has 0 radical (unpaired) electrons. The molecule has 0 aliphatic heterocycles. The second-order valence-corrected chi connectivity index (χ2v) is 6.75. The van der Waals surface area contributed by atoms with Crippen LogP contribution in [-0.2, 0) is 9.59 Å². The lowest BCUT2D eigenvalue weighted by molar-refractivity contribution is -0.146. The molecule has 2 atom stereocenters. The van der Waals surface area contributed by atoms with Gasteiger partial charge in [-0.05, 0) is 31.0 Å². The molecule has 0 bridgehead atoms. The topological polar surface area (TPSA) is 108 Å². The molecule has 26 heavy (non-hydrogen) atoms. The quantitative estimate of drug-likeness (QED) is 0.700. The van der Waals surface area contributed by atoms with E-state index in [-0.39, 0.29) is 11.8 Å². The minimum Gasteiger partial charge on any atom is -0.481 e. The summed E-state index contributed by atoms with van der Waals surface area (Å²) < 4.78 is 0. The van der Waals surface area contributed by atoms with Crippen LogP contribution in [-0.4, -0.2) is 27.9 Å². The Labute approximate surface area is 153 Å². The van der Waals surface area contributed by atoms with E-state index in [1.54, 1.807) is 41.9 Å². The average molecular weight is 371 g/mol. The summed E-state index contributed by atoms with van der Waals surface area (Å²) in [6.07, 6.45) is 5.92. The first kappa shape index (κ1) is 17.8. The van der Waals surface area contributed by atoms with Crippen molar-refractivity contribution in [1.82, 2.24) is 4.98 Å². The van der Waals surface area contributed by atoms with Gasteiger partial charge in [0.15, 0.2) is 5.13 Å². The summed E-state index contributed by atoms with van der Waals surface area (Å²) in [6, 6.07) is 6.49. The monoisotopic (exact) mass is 371 g/mol. The zero-order valence-electron chi connectivity index (χ0n) is 13.7. The van der Waals surface area contributed by atoms with Crippen LogP contribution in [0.3, 0.4) is 0 Å². The van der Waals surface area contributed by atoms with Gasteiger partial charge in [0, 0.05) is 22.8 Å². The molecule has 1 aliphatic rings. The average Bonchev–Trinajstić information content (AvgIpc) is 3.15. The third kappa shape index (κ3) is 4.15. The molecule has 1 aliphatic carbocycles. The molecule has 1 heterocycles. The predicted octanol–water partition coefficient (Wildman–Crippen LogP) is 3.00. The van der Waals surface area contributed by atoms with Crippen molar-refractivity contribution in [3.8, 4) is 0 Å². The highest BCUT2D eigenvalue weighted by Gasteiger charge is 2.33. The van der Waals surface area contributed by atoms with Gasteiger partial charge in [-0.2, -0.15) is 0 Å². The van der Waals surface area contributed by atoms with E-state index in [0.717, 1.165) is 0 Å². The van der Waals surface area contributed by atoms with Gasteiger partial charge in [0.2, 0.25) is 5.91 Å². The van der Waals surface area contributed by atoms with Gasteiger partial charge in [-0.1, -0.05) is 18.2 Å². The molecule has 134 valence electrons. The number of allylic oxidation sites excluding steroid dienone is 2. The lowest BCUT2D eigenvalue weighted by Gasteiger charge is -2.24. The van der Waals surface area contributed by atoms with E-state index < -0.39 is 17.8 Å². The van der Waals surface area contributed by atoms with Crippen molar-refractivity contribution in [3.05, 3.63) is 53.6 Å². The molecule has 3 rings (SSSR count). The zero-order valence-corrected chi connectivity index (χ0v) is 14.5. The van der Waals surface area contributed by atoms with Crippen LogP contribution in [0.4, 0.5) is 10.8 Å². The van der Waals surface area contributed by atoms with Crippen LogP contribution in [0.2, 0.25) is 0 Å². The Morgan fingerprint density at radius 1 is 1.12 bits per heavy atom. The van der Waals surface area contributed by atoms with Crippen molar-refractivity contribution in [2.75, 3.05) is 10.6 Å². The SMILES string of the molecule is O=C(Nc1nccs1)c1cccc(NC(=O)[C@@H]2CC=CC[C@H]2C(=O)O)c1. The van der Waals surface area contributed by atoms with E-state index in [1.165, 1.54) is 11.3 Å². The number of nitrogens with zero attached hydrogens (tertiary/aromatic N) is 1. The fourth-order valence-corrected chi connectivity index (χ4v) is 3.33. The number of thiazole rings is 1. The van der Waals surface area contributed by atoms with E-state index in [4.69, 9.17) is 0 Å². The second-order valence-electron chi connectivity index (χ2n) is 5.86. The van der Waals surface area contributed by atoms with Crippen LogP contribution in [0.15, 0.2) is 48.0 Å². The standard InChI is InChI=1S/C18H17N3O4S/c22-15(21-18-19-8-9-26-18)11-4-3-5-12(10-11)20-16(23)13-6-1-2-7-14(13)17(24)25/h1-5,8-10,13-14H,6-7H2,(H,20,23)(H,24,25)(H,19,21,22)/t13-,14-/m1/s1. The van der Waals surface area contributed by atoms with Crippen molar-refractivity contribution in [2.24, 2.45) is 11.8 Å². The van der Waals surface area contributed by atoms with E-state index >= 15 is 0 Å². The lowest BCUT2D eigenvalue weighted by Crippen LogP contribution is -2.34. The largest absolute Gasteiger partial charge is 0.481 e. The molecule has 0 saturated carbocycles. The Hall–Kier alpha value is -3.00. The van der Waals surface area contributed by atoms with Crippen LogP contribution in [0, 0.1) is 11.8 Å². The Balaban J connectivity index is 1.70. The number of hydrogen-bond donors (Lipinski definition) is 3. The van der Waals surface area contributed by atoms with Crippen molar-refractivity contribution in [2.45, 2.75) is 12.8 Å². The number of benzene rings is 1. The van der Waals surface area contributed by atoms with Gasteiger partial charge in [-0.15, -0.1) is 11.3 Å². The highest BCUT2D eigenvalue weighted by molar-refractivity contribution is 7.13. The number of amides is 2. The number of carbonyl (C=O) groups is 3. The van der Waals surface area contributed by atoms with E-state index in [2.05, 4.69) is 15.6 Å². The fraction of sp³-hybridized carbons (Fsp3) is 0.222. The number of carbonyl (C=O) groups excluding carboxylic acids is 2. The van der Waals surface area contributed by atoms with Gasteiger partial charge < -0.3 is 10.4 Å². The molecule has 3 N–H and O–H groups in total. The molecule has 0 fully saturated rings. The van der Waals surface area contributed by atoms with Crippen molar-refractivity contribution >= 4 is 39.9 Å².